The molecule has 4 nitrogen and oxygen atoms in total. The van der Waals surface area contributed by atoms with E-state index in [0.29, 0.717) is 0 Å². The van der Waals surface area contributed by atoms with Crippen molar-refractivity contribution in [2.45, 2.75) is 3.79 Å². The zero-order valence-electron chi connectivity index (χ0n) is 5.51. The highest BCUT2D eigenvalue weighted by molar-refractivity contribution is 6.66. The quantitative estimate of drug-likeness (QED) is 0.686. The van der Waals surface area contributed by atoms with Gasteiger partial charge < -0.3 is 10.3 Å². The average Bonchev–Trinajstić information content (AvgIpc) is 2.29. The molecule has 64 valence electrons. The first kappa shape index (κ1) is 9.46. The molecule has 0 aliphatic carbocycles. The summed E-state index contributed by atoms with van der Waals surface area (Å²) in [5, 5.41) is 11.9. The van der Waals surface area contributed by atoms with Crippen LogP contribution in [0.1, 0.15) is 11.3 Å². The molecule has 1 heterocycles. The fraction of sp³-hybridized carbons (Fsp3) is 0.200. The molecule has 1 rings (SSSR count). The van der Waals surface area contributed by atoms with Gasteiger partial charge in [-0.2, -0.15) is 5.26 Å². The molecular weight excluding hydrogens is 224 g/mol. The predicted molar refractivity (Wildman–Crippen MR) is 44.9 cm³/mol. The van der Waals surface area contributed by atoms with E-state index in [1.54, 1.807) is 6.07 Å². The van der Waals surface area contributed by atoms with Crippen LogP contribution in [0.25, 0.3) is 0 Å². The van der Waals surface area contributed by atoms with Gasteiger partial charge in [-0.3, -0.25) is 0 Å². The Hall–Kier alpha value is -0.630. The zero-order valence-corrected chi connectivity index (χ0v) is 7.78. The summed E-state index contributed by atoms with van der Waals surface area (Å²) in [5.41, 5.74) is 5.08. The Morgan fingerprint density at radius 3 is 2.42 bits per heavy atom. The third kappa shape index (κ3) is 1.58. The highest BCUT2D eigenvalue weighted by atomic mass is 35.6. The van der Waals surface area contributed by atoms with Crippen LogP contribution in [0, 0.1) is 11.3 Å². The summed E-state index contributed by atoms with van der Waals surface area (Å²) in [5.74, 6) is -0.154. The lowest BCUT2D eigenvalue weighted by atomic mass is 10.3. The summed E-state index contributed by atoms with van der Waals surface area (Å²) in [6.07, 6.45) is 0. The van der Waals surface area contributed by atoms with Crippen molar-refractivity contribution in [1.82, 2.24) is 5.16 Å². The Morgan fingerprint density at radius 1 is 1.50 bits per heavy atom. The second-order valence-corrected chi connectivity index (χ2v) is 4.16. The van der Waals surface area contributed by atoms with Crippen LogP contribution in [0.5, 0.6) is 0 Å². The number of halogens is 3. The van der Waals surface area contributed by atoms with Gasteiger partial charge in [0.05, 0.1) is 0 Å². The second-order valence-electron chi connectivity index (χ2n) is 1.88. The number of aromatic nitrogens is 1. The first-order valence-corrected chi connectivity index (χ1v) is 3.82. The molecule has 0 saturated carbocycles. The lowest BCUT2D eigenvalue weighted by molar-refractivity contribution is 0.428. The van der Waals surface area contributed by atoms with Gasteiger partial charge in [0, 0.05) is 0 Å². The highest BCUT2D eigenvalue weighted by Gasteiger charge is 2.32. The second kappa shape index (κ2) is 3.02. The minimum atomic E-state index is -1.79. The number of nitrogen functional groups attached to an aromatic ring is 1. The Balaban J connectivity index is 3.28. The molecule has 0 aliphatic heterocycles. The summed E-state index contributed by atoms with van der Waals surface area (Å²) in [6.45, 7) is 0. The fourth-order valence-electron chi connectivity index (χ4n) is 0.604. The summed E-state index contributed by atoms with van der Waals surface area (Å²) < 4.78 is 2.68. The van der Waals surface area contributed by atoms with Crippen molar-refractivity contribution in [1.29, 1.82) is 5.26 Å². The molecule has 0 aliphatic rings. The maximum Gasteiger partial charge on any atom is 0.240 e. The van der Waals surface area contributed by atoms with E-state index in [4.69, 9.17) is 45.8 Å². The number of anilines is 1. The van der Waals surface area contributed by atoms with E-state index in [0.717, 1.165) is 0 Å². The Morgan fingerprint density at radius 2 is 2.08 bits per heavy atom. The number of nitrogens with zero attached hydrogens (tertiary/aromatic N) is 2. The fourth-order valence-corrected chi connectivity index (χ4v) is 0.991. The van der Waals surface area contributed by atoms with Crippen molar-refractivity contribution >= 4 is 40.7 Å². The average molecular weight is 226 g/mol. The molecule has 0 saturated heterocycles. The zero-order chi connectivity index (χ0) is 9.35. The monoisotopic (exact) mass is 225 g/mol. The van der Waals surface area contributed by atoms with Gasteiger partial charge >= 0.3 is 0 Å². The SMILES string of the molecule is N#Cc1c(C(Cl)(Cl)Cl)noc1N. The normalized spacial score (nSPS) is 11.2. The lowest BCUT2D eigenvalue weighted by Gasteiger charge is -2.04. The first-order valence-electron chi connectivity index (χ1n) is 2.69. The van der Waals surface area contributed by atoms with Crippen molar-refractivity contribution in [3.63, 3.8) is 0 Å². The highest BCUT2D eigenvalue weighted by Crippen LogP contribution is 2.40. The molecule has 0 amide bonds. The third-order valence-corrected chi connectivity index (χ3v) is 1.64. The largest absolute Gasteiger partial charge is 0.366 e. The van der Waals surface area contributed by atoms with Gasteiger partial charge in [0.25, 0.3) is 0 Å². The molecule has 0 aromatic carbocycles. The predicted octanol–water partition coefficient (Wildman–Crippen LogP) is 1.96. The van der Waals surface area contributed by atoms with Crippen molar-refractivity contribution in [3.05, 3.63) is 11.3 Å². The maximum atomic E-state index is 8.55. The van der Waals surface area contributed by atoms with Crippen LogP contribution in [0.2, 0.25) is 0 Å². The first-order chi connectivity index (χ1) is 5.46. The van der Waals surface area contributed by atoms with Gasteiger partial charge in [0.15, 0.2) is 5.69 Å². The van der Waals surface area contributed by atoms with Gasteiger partial charge in [-0.05, 0) is 0 Å². The molecule has 1 aromatic rings. The Labute approximate surface area is 82.8 Å². The van der Waals surface area contributed by atoms with Crippen LogP contribution in [0.15, 0.2) is 4.52 Å². The molecule has 0 radical (unpaired) electrons. The molecule has 0 fully saturated rings. The molecule has 7 heteroatoms. The van der Waals surface area contributed by atoms with Crippen molar-refractivity contribution < 1.29 is 4.52 Å². The van der Waals surface area contributed by atoms with Crippen LogP contribution in [-0.2, 0) is 3.79 Å². The summed E-state index contributed by atoms with van der Waals surface area (Å²) in [7, 11) is 0. The molecule has 0 unspecified atom stereocenters. The molecule has 0 bridgehead atoms. The van der Waals surface area contributed by atoms with Crippen molar-refractivity contribution in [2.24, 2.45) is 0 Å². The van der Waals surface area contributed by atoms with E-state index in [2.05, 4.69) is 9.68 Å². The van der Waals surface area contributed by atoms with Crippen LogP contribution in [0.3, 0.4) is 0 Å². The number of nitriles is 1. The molecular formula is C5H2Cl3N3O. The number of nitrogens with two attached hydrogens (primary N) is 1. The molecule has 0 spiro atoms. The standard InChI is InChI=1S/C5H2Cl3N3O/c6-5(7,8)3-2(1-9)4(10)12-11-3/h10H2. The minimum Gasteiger partial charge on any atom is -0.366 e. The molecule has 0 atom stereocenters. The van der Waals surface area contributed by atoms with Gasteiger partial charge in [-0.1, -0.05) is 40.0 Å². The molecule has 1 aromatic heterocycles. The number of rotatable bonds is 0. The van der Waals surface area contributed by atoms with E-state index in [1.807, 2.05) is 0 Å². The van der Waals surface area contributed by atoms with Crippen molar-refractivity contribution in [3.8, 4) is 6.07 Å². The topological polar surface area (TPSA) is 75.8 Å². The Bertz CT molecular complexity index is 335. The van der Waals surface area contributed by atoms with Gasteiger partial charge in [-0.15, -0.1) is 0 Å². The summed E-state index contributed by atoms with van der Waals surface area (Å²) in [6, 6.07) is 1.72. The van der Waals surface area contributed by atoms with Gasteiger partial charge in [0.2, 0.25) is 9.68 Å². The third-order valence-electron chi connectivity index (χ3n) is 1.10. The summed E-state index contributed by atoms with van der Waals surface area (Å²) in [4.78, 5) is 0. The Kier molecular flexibility index (Phi) is 2.38. The molecule has 12 heavy (non-hydrogen) atoms. The number of hydrogen-bond acceptors (Lipinski definition) is 4. The van der Waals surface area contributed by atoms with Crippen molar-refractivity contribution in [2.75, 3.05) is 5.73 Å². The number of alkyl halides is 3. The van der Waals surface area contributed by atoms with E-state index in [-0.39, 0.29) is 17.1 Å². The lowest BCUT2D eigenvalue weighted by Crippen LogP contribution is -2.03. The maximum absolute atomic E-state index is 8.55. The van der Waals surface area contributed by atoms with Gasteiger partial charge in [-0.25, -0.2) is 0 Å². The van der Waals surface area contributed by atoms with Gasteiger partial charge in [0.1, 0.15) is 11.6 Å². The molecule has 2 N–H and O–H groups in total. The van der Waals surface area contributed by atoms with E-state index >= 15 is 0 Å². The van der Waals surface area contributed by atoms with Crippen LogP contribution in [0.4, 0.5) is 5.88 Å². The van der Waals surface area contributed by atoms with E-state index < -0.39 is 3.79 Å². The van der Waals surface area contributed by atoms with Crippen LogP contribution >= 0.6 is 34.8 Å². The smallest absolute Gasteiger partial charge is 0.240 e. The summed E-state index contributed by atoms with van der Waals surface area (Å²) >= 11 is 16.4. The minimum absolute atomic E-state index is 0.0463. The van der Waals surface area contributed by atoms with E-state index in [1.165, 1.54) is 0 Å². The van der Waals surface area contributed by atoms with Crippen LogP contribution < -0.4 is 5.73 Å². The number of hydrogen-bond donors (Lipinski definition) is 1. The van der Waals surface area contributed by atoms with Crippen LogP contribution in [-0.4, -0.2) is 5.16 Å². The van der Waals surface area contributed by atoms with E-state index in [9.17, 15) is 0 Å².